The highest BCUT2D eigenvalue weighted by Crippen LogP contribution is 2.15. The first-order chi connectivity index (χ1) is 8.43. The van der Waals surface area contributed by atoms with Crippen LogP contribution in [0.15, 0.2) is 29.2 Å². The number of unbranched alkanes of at least 4 members (excludes halogenated alkanes) is 1. The SMILES string of the molecule is NS(=O)(=O)c1ccc(OC(=O)CCCCO)cc1. The van der Waals surface area contributed by atoms with Crippen LogP contribution >= 0.6 is 0 Å². The average molecular weight is 273 g/mol. The highest BCUT2D eigenvalue weighted by Gasteiger charge is 2.09. The third-order valence-corrected chi connectivity index (χ3v) is 3.10. The van der Waals surface area contributed by atoms with Gasteiger partial charge in [-0.25, -0.2) is 13.6 Å². The van der Waals surface area contributed by atoms with Crippen molar-refractivity contribution in [3.63, 3.8) is 0 Å². The van der Waals surface area contributed by atoms with Crippen LogP contribution in [-0.2, 0) is 14.8 Å². The summed E-state index contributed by atoms with van der Waals surface area (Å²) in [7, 11) is -3.73. The predicted octanol–water partition coefficient (Wildman–Crippen LogP) is 0.402. The van der Waals surface area contributed by atoms with Crippen LogP contribution in [0.4, 0.5) is 0 Å². The van der Waals surface area contributed by atoms with E-state index in [1.54, 1.807) is 0 Å². The van der Waals surface area contributed by atoms with Gasteiger partial charge in [0.1, 0.15) is 5.75 Å². The van der Waals surface area contributed by atoms with Gasteiger partial charge in [-0.1, -0.05) is 0 Å². The van der Waals surface area contributed by atoms with Crippen molar-refractivity contribution in [1.29, 1.82) is 0 Å². The predicted molar refractivity (Wildman–Crippen MR) is 64.4 cm³/mol. The molecule has 0 saturated heterocycles. The minimum absolute atomic E-state index is 0.0380. The van der Waals surface area contributed by atoms with Gasteiger partial charge >= 0.3 is 5.97 Å². The van der Waals surface area contributed by atoms with E-state index in [1.807, 2.05) is 0 Å². The smallest absolute Gasteiger partial charge is 0.311 e. The van der Waals surface area contributed by atoms with E-state index < -0.39 is 16.0 Å². The van der Waals surface area contributed by atoms with Crippen molar-refractivity contribution in [2.45, 2.75) is 24.2 Å². The fourth-order valence-electron chi connectivity index (χ4n) is 1.26. The van der Waals surface area contributed by atoms with Crippen molar-refractivity contribution in [2.75, 3.05) is 6.61 Å². The van der Waals surface area contributed by atoms with Crippen molar-refractivity contribution in [1.82, 2.24) is 0 Å². The quantitative estimate of drug-likeness (QED) is 0.443. The zero-order chi connectivity index (χ0) is 13.6. The van der Waals surface area contributed by atoms with E-state index in [2.05, 4.69) is 0 Å². The second-order valence-electron chi connectivity index (χ2n) is 3.67. The van der Waals surface area contributed by atoms with Crippen molar-refractivity contribution >= 4 is 16.0 Å². The molecule has 0 radical (unpaired) electrons. The van der Waals surface area contributed by atoms with Crippen molar-refractivity contribution in [3.8, 4) is 5.75 Å². The molecule has 0 fully saturated rings. The van der Waals surface area contributed by atoms with Crippen molar-refractivity contribution < 1.29 is 23.1 Å². The van der Waals surface area contributed by atoms with Crippen LogP contribution in [0.25, 0.3) is 0 Å². The van der Waals surface area contributed by atoms with Crippen LogP contribution in [-0.4, -0.2) is 26.1 Å². The average Bonchev–Trinajstić information content (AvgIpc) is 2.29. The molecule has 18 heavy (non-hydrogen) atoms. The molecule has 0 aliphatic rings. The molecule has 0 aromatic heterocycles. The van der Waals surface area contributed by atoms with Gasteiger partial charge < -0.3 is 9.84 Å². The van der Waals surface area contributed by atoms with Gasteiger partial charge in [0.05, 0.1) is 4.90 Å². The molecule has 0 atom stereocenters. The summed E-state index contributed by atoms with van der Waals surface area (Å²) in [4.78, 5) is 11.3. The van der Waals surface area contributed by atoms with Crippen LogP contribution in [0.2, 0.25) is 0 Å². The molecule has 1 aromatic rings. The maximum atomic E-state index is 11.3. The summed E-state index contributed by atoms with van der Waals surface area (Å²) in [5, 5.41) is 13.5. The highest BCUT2D eigenvalue weighted by atomic mass is 32.2. The largest absolute Gasteiger partial charge is 0.427 e. The minimum atomic E-state index is -3.73. The molecule has 100 valence electrons. The van der Waals surface area contributed by atoms with Gasteiger partial charge in [-0.05, 0) is 37.1 Å². The first-order valence-electron chi connectivity index (χ1n) is 5.38. The van der Waals surface area contributed by atoms with E-state index in [4.69, 9.17) is 15.0 Å². The first kappa shape index (κ1) is 14.6. The molecule has 6 nitrogen and oxygen atoms in total. The Morgan fingerprint density at radius 3 is 2.33 bits per heavy atom. The lowest BCUT2D eigenvalue weighted by atomic mass is 10.2. The van der Waals surface area contributed by atoms with Crippen molar-refractivity contribution in [2.24, 2.45) is 5.14 Å². The molecule has 0 saturated carbocycles. The lowest BCUT2D eigenvalue weighted by molar-refractivity contribution is -0.134. The summed E-state index contributed by atoms with van der Waals surface area (Å²) in [6.07, 6.45) is 1.29. The zero-order valence-electron chi connectivity index (χ0n) is 9.70. The molecule has 1 rings (SSSR count). The summed E-state index contributed by atoms with van der Waals surface area (Å²) in [5.74, 6) is -0.164. The fraction of sp³-hybridized carbons (Fsp3) is 0.364. The number of aliphatic hydroxyl groups is 1. The van der Waals surface area contributed by atoms with Crippen LogP contribution in [0.5, 0.6) is 5.75 Å². The van der Waals surface area contributed by atoms with E-state index in [0.29, 0.717) is 12.8 Å². The zero-order valence-corrected chi connectivity index (χ0v) is 10.5. The molecule has 0 amide bonds. The lowest BCUT2D eigenvalue weighted by Crippen LogP contribution is -2.12. The Bertz CT molecular complexity index is 495. The van der Waals surface area contributed by atoms with E-state index in [0.717, 1.165) is 0 Å². The Kier molecular flexibility index (Phi) is 5.26. The lowest BCUT2D eigenvalue weighted by Gasteiger charge is -2.04. The topological polar surface area (TPSA) is 107 Å². The standard InChI is InChI=1S/C11H15NO5S/c12-18(15,16)10-6-4-9(5-7-10)17-11(14)3-1-2-8-13/h4-7,13H,1-3,8H2,(H2,12,15,16). The third-order valence-electron chi connectivity index (χ3n) is 2.17. The Morgan fingerprint density at radius 1 is 1.22 bits per heavy atom. The molecule has 3 N–H and O–H groups in total. The van der Waals surface area contributed by atoms with Gasteiger partial charge in [0.15, 0.2) is 0 Å². The molecule has 0 heterocycles. The monoisotopic (exact) mass is 273 g/mol. The second-order valence-corrected chi connectivity index (χ2v) is 5.23. The van der Waals surface area contributed by atoms with Gasteiger partial charge in [-0.3, -0.25) is 4.79 Å². The molecule has 1 aromatic carbocycles. The molecular weight excluding hydrogens is 258 g/mol. The molecule has 0 aliphatic carbocycles. The Hall–Kier alpha value is -1.44. The number of nitrogens with two attached hydrogens (primary N) is 1. The van der Waals surface area contributed by atoms with E-state index >= 15 is 0 Å². The van der Waals surface area contributed by atoms with Gasteiger partial charge in [0, 0.05) is 13.0 Å². The molecule has 0 aliphatic heterocycles. The molecule has 0 unspecified atom stereocenters. The number of rotatable bonds is 6. The Labute approximate surface area is 105 Å². The van der Waals surface area contributed by atoms with Crippen LogP contribution < -0.4 is 9.88 Å². The Balaban J connectivity index is 2.56. The van der Waals surface area contributed by atoms with Crippen LogP contribution in [0, 0.1) is 0 Å². The van der Waals surface area contributed by atoms with E-state index in [-0.39, 0.29) is 23.7 Å². The van der Waals surface area contributed by atoms with Gasteiger partial charge in [-0.2, -0.15) is 0 Å². The third kappa shape index (κ3) is 4.82. The first-order valence-corrected chi connectivity index (χ1v) is 6.92. The van der Waals surface area contributed by atoms with Gasteiger partial charge in [0.25, 0.3) is 0 Å². The maximum Gasteiger partial charge on any atom is 0.311 e. The fourth-order valence-corrected chi connectivity index (χ4v) is 1.78. The van der Waals surface area contributed by atoms with E-state index in [1.165, 1.54) is 24.3 Å². The number of sulfonamides is 1. The number of carbonyl (C=O) groups is 1. The summed E-state index contributed by atoms with van der Waals surface area (Å²) in [6, 6.07) is 5.27. The summed E-state index contributed by atoms with van der Waals surface area (Å²) >= 11 is 0. The molecule has 7 heteroatoms. The van der Waals surface area contributed by atoms with Gasteiger partial charge in [0.2, 0.25) is 10.0 Å². The molecule has 0 bridgehead atoms. The number of ether oxygens (including phenoxy) is 1. The summed E-state index contributed by atoms with van der Waals surface area (Å²) in [5.41, 5.74) is 0. The molecular formula is C11H15NO5S. The second kappa shape index (κ2) is 6.48. The molecule has 0 spiro atoms. The summed E-state index contributed by atoms with van der Waals surface area (Å²) < 4.78 is 26.9. The normalized spacial score (nSPS) is 11.2. The van der Waals surface area contributed by atoms with Crippen LogP contribution in [0.1, 0.15) is 19.3 Å². The number of primary sulfonamides is 1. The Morgan fingerprint density at radius 2 is 1.83 bits per heavy atom. The van der Waals surface area contributed by atoms with E-state index in [9.17, 15) is 13.2 Å². The maximum absolute atomic E-state index is 11.3. The van der Waals surface area contributed by atoms with Crippen molar-refractivity contribution in [3.05, 3.63) is 24.3 Å². The minimum Gasteiger partial charge on any atom is -0.427 e. The summed E-state index contributed by atoms with van der Waals surface area (Å²) in [6.45, 7) is 0.0380. The number of esters is 1. The van der Waals surface area contributed by atoms with Crippen LogP contribution in [0.3, 0.4) is 0 Å². The van der Waals surface area contributed by atoms with Gasteiger partial charge in [-0.15, -0.1) is 0 Å². The number of benzene rings is 1. The number of hydrogen-bond donors (Lipinski definition) is 2. The number of aliphatic hydroxyl groups excluding tert-OH is 1. The highest BCUT2D eigenvalue weighted by molar-refractivity contribution is 7.89. The number of carbonyl (C=O) groups excluding carboxylic acids is 1. The number of hydrogen-bond acceptors (Lipinski definition) is 5.